The average molecular weight is 370 g/mol. The van der Waals surface area contributed by atoms with Gasteiger partial charge in [0.25, 0.3) is 0 Å². The van der Waals surface area contributed by atoms with Crippen molar-refractivity contribution in [1.29, 1.82) is 5.41 Å². The van der Waals surface area contributed by atoms with Crippen LogP contribution in [-0.4, -0.2) is 57.1 Å². The van der Waals surface area contributed by atoms with E-state index in [1.807, 2.05) is 33.0 Å². The number of nitrogens with zero attached hydrogens (tertiary/aromatic N) is 3. The zero-order chi connectivity index (χ0) is 19.4. The summed E-state index contributed by atoms with van der Waals surface area (Å²) < 4.78 is 5.42. The van der Waals surface area contributed by atoms with Gasteiger partial charge in [0.2, 0.25) is 0 Å². The molecule has 1 aliphatic heterocycles. The quantitative estimate of drug-likeness (QED) is 0.717. The first-order chi connectivity index (χ1) is 12.9. The highest BCUT2D eigenvalue weighted by Gasteiger charge is 2.26. The number of pyridine rings is 1. The largest absolute Gasteiger partial charge is 0.444 e. The van der Waals surface area contributed by atoms with Gasteiger partial charge in [0.05, 0.1) is 11.7 Å². The minimum Gasteiger partial charge on any atom is -0.444 e. The zero-order valence-corrected chi connectivity index (χ0v) is 16.0. The number of allylic oxidation sites excluding steroid dienone is 1. The highest BCUT2D eigenvalue weighted by molar-refractivity contribution is 6.08. The second-order valence-corrected chi connectivity index (χ2v) is 7.68. The number of aromatic amines is 1. The molecule has 27 heavy (non-hydrogen) atoms. The maximum atomic E-state index is 12.1. The summed E-state index contributed by atoms with van der Waals surface area (Å²) in [5.41, 5.74) is 2.75. The number of piperidine rings is 1. The number of carbonyl (C=O) groups excluding carboxylic acids is 1. The molecule has 0 aromatic carbocycles. The van der Waals surface area contributed by atoms with Crippen molar-refractivity contribution < 1.29 is 9.53 Å². The molecular weight excluding hydrogens is 344 g/mol. The van der Waals surface area contributed by atoms with Gasteiger partial charge in [-0.3, -0.25) is 10.1 Å². The Bertz CT molecular complexity index is 843. The van der Waals surface area contributed by atoms with E-state index in [0.29, 0.717) is 13.1 Å². The van der Waals surface area contributed by atoms with Gasteiger partial charge >= 0.3 is 6.09 Å². The molecule has 0 spiro atoms. The molecule has 1 aliphatic rings. The number of hydrogen-bond donors (Lipinski definition) is 3. The molecule has 3 heterocycles. The highest BCUT2D eigenvalue weighted by Crippen LogP contribution is 2.18. The fraction of sp³-hybridized carbons (Fsp3) is 0.474. The van der Waals surface area contributed by atoms with Crippen LogP contribution < -0.4 is 5.32 Å². The summed E-state index contributed by atoms with van der Waals surface area (Å²) in [6, 6.07) is 2.18. The molecule has 2 aromatic rings. The number of aromatic nitrogens is 3. The van der Waals surface area contributed by atoms with E-state index in [4.69, 9.17) is 10.1 Å². The predicted molar refractivity (Wildman–Crippen MR) is 105 cm³/mol. The van der Waals surface area contributed by atoms with E-state index in [1.165, 1.54) is 6.21 Å². The third kappa shape index (κ3) is 4.84. The topological polar surface area (TPSA) is 107 Å². The Kier molecular flexibility index (Phi) is 5.43. The van der Waals surface area contributed by atoms with E-state index in [1.54, 1.807) is 17.3 Å². The number of carbonyl (C=O) groups is 1. The second-order valence-electron chi connectivity index (χ2n) is 7.68. The van der Waals surface area contributed by atoms with E-state index in [9.17, 15) is 4.79 Å². The average Bonchev–Trinajstić information content (AvgIpc) is 3.09. The third-order valence-corrected chi connectivity index (χ3v) is 4.40. The molecule has 0 saturated carbocycles. The molecule has 1 fully saturated rings. The van der Waals surface area contributed by atoms with Crippen LogP contribution in [0.4, 0.5) is 4.79 Å². The lowest BCUT2D eigenvalue weighted by molar-refractivity contribution is 0.0201. The van der Waals surface area contributed by atoms with Crippen LogP contribution in [0.3, 0.4) is 0 Å². The van der Waals surface area contributed by atoms with Gasteiger partial charge in [0.1, 0.15) is 11.1 Å². The van der Waals surface area contributed by atoms with E-state index in [0.717, 1.165) is 35.0 Å². The first kappa shape index (κ1) is 18.9. The van der Waals surface area contributed by atoms with Gasteiger partial charge in [-0.1, -0.05) is 0 Å². The van der Waals surface area contributed by atoms with Crippen molar-refractivity contribution in [2.24, 2.45) is 0 Å². The van der Waals surface area contributed by atoms with E-state index >= 15 is 0 Å². The van der Waals surface area contributed by atoms with Crippen molar-refractivity contribution >= 4 is 28.9 Å². The molecule has 0 atom stereocenters. The minimum absolute atomic E-state index is 0.252. The van der Waals surface area contributed by atoms with Gasteiger partial charge in [-0.15, -0.1) is 0 Å². The second kappa shape index (κ2) is 7.77. The van der Waals surface area contributed by atoms with Crippen molar-refractivity contribution in [1.82, 2.24) is 25.4 Å². The number of H-pyrrole nitrogens is 1. The molecule has 8 heteroatoms. The van der Waals surface area contributed by atoms with Gasteiger partial charge in [-0.25, -0.2) is 4.79 Å². The van der Waals surface area contributed by atoms with Crippen molar-refractivity contribution in [3.63, 3.8) is 0 Å². The molecule has 0 unspecified atom stereocenters. The number of likely N-dealkylation sites (tertiary alicyclic amines) is 1. The first-order valence-corrected chi connectivity index (χ1v) is 9.10. The number of amides is 1. The van der Waals surface area contributed by atoms with Crippen molar-refractivity contribution in [2.45, 2.75) is 45.3 Å². The molecule has 2 aromatic heterocycles. The molecule has 1 amide bonds. The van der Waals surface area contributed by atoms with Crippen LogP contribution in [0.2, 0.25) is 0 Å². The highest BCUT2D eigenvalue weighted by atomic mass is 16.6. The van der Waals surface area contributed by atoms with Crippen LogP contribution in [-0.2, 0) is 4.74 Å². The van der Waals surface area contributed by atoms with Gasteiger partial charge < -0.3 is 20.4 Å². The summed E-state index contributed by atoms with van der Waals surface area (Å²) in [6.07, 6.45) is 7.97. The van der Waals surface area contributed by atoms with Gasteiger partial charge in [-0.2, -0.15) is 5.10 Å². The zero-order valence-electron chi connectivity index (χ0n) is 16.0. The maximum Gasteiger partial charge on any atom is 0.410 e. The molecule has 8 nitrogen and oxygen atoms in total. The molecule has 3 rings (SSSR count). The Labute approximate surface area is 158 Å². The van der Waals surface area contributed by atoms with Crippen LogP contribution in [0.1, 0.15) is 39.2 Å². The Morgan fingerprint density at radius 3 is 2.78 bits per heavy atom. The fourth-order valence-corrected chi connectivity index (χ4v) is 2.96. The summed E-state index contributed by atoms with van der Waals surface area (Å²) >= 11 is 0. The Hall–Kier alpha value is -2.90. The smallest absolute Gasteiger partial charge is 0.410 e. The summed E-state index contributed by atoms with van der Waals surface area (Å²) in [4.78, 5) is 18.2. The number of fused-ring (bicyclic) bond motifs is 1. The van der Waals surface area contributed by atoms with Gasteiger partial charge in [0.15, 0.2) is 0 Å². The van der Waals surface area contributed by atoms with Gasteiger partial charge in [0, 0.05) is 48.9 Å². The summed E-state index contributed by atoms with van der Waals surface area (Å²) in [6.45, 7) is 6.93. The van der Waals surface area contributed by atoms with Crippen LogP contribution in [0, 0.1) is 5.41 Å². The standard InChI is InChI=1S/C19H26N6O2/c1-19(2,3)27-18(26)25-6-4-15(5-7-25)21-11-14(9-20)13-8-16-17(22-10-13)12-23-24-16/h8-12,15,20-21H,4-7H2,1-3H3,(H,23,24)/b14-11+,20-9?. The number of nitrogens with one attached hydrogen (secondary N) is 3. The fourth-order valence-electron chi connectivity index (χ4n) is 2.96. The van der Waals surface area contributed by atoms with Crippen LogP contribution in [0.25, 0.3) is 16.6 Å². The van der Waals surface area contributed by atoms with Gasteiger partial charge in [-0.05, 0) is 39.7 Å². The number of hydrogen-bond acceptors (Lipinski definition) is 6. The van der Waals surface area contributed by atoms with Crippen molar-refractivity contribution in [3.05, 3.63) is 30.2 Å². The minimum atomic E-state index is -0.475. The monoisotopic (exact) mass is 370 g/mol. The van der Waals surface area contributed by atoms with Crippen LogP contribution in [0.15, 0.2) is 24.7 Å². The third-order valence-electron chi connectivity index (χ3n) is 4.40. The molecule has 0 bridgehead atoms. The summed E-state index contributed by atoms with van der Waals surface area (Å²) in [5.74, 6) is 0. The lowest BCUT2D eigenvalue weighted by Crippen LogP contribution is -2.45. The van der Waals surface area contributed by atoms with E-state index in [2.05, 4.69) is 20.5 Å². The molecule has 0 radical (unpaired) electrons. The number of ether oxygens (including phenoxy) is 1. The first-order valence-electron chi connectivity index (χ1n) is 9.10. The van der Waals surface area contributed by atoms with E-state index in [-0.39, 0.29) is 12.1 Å². The molecule has 0 aliphatic carbocycles. The SMILES string of the molecule is CC(C)(C)OC(=O)N1CCC(N/C=C(\C=N)c2cnc3cn[nH]c3c2)CC1. The van der Waals surface area contributed by atoms with E-state index < -0.39 is 5.60 Å². The van der Waals surface area contributed by atoms with Crippen molar-refractivity contribution in [2.75, 3.05) is 13.1 Å². The molecular formula is C19H26N6O2. The summed E-state index contributed by atoms with van der Waals surface area (Å²) in [5, 5.41) is 17.9. The van der Waals surface area contributed by atoms with Crippen LogP contribution in [0.5, 0.6) is 0 Å². The maximum absolute atomic E-state index is 12.1. The normalized spacial score (nSPS) is 16.4. The van der Waals surface area contributed by atoms with Crippen LogP contribution >= 0.6 is 0 Å². The lowest BCUT2D eigenvalue weighted by atomic mass is 10.0. The molecule has 3 N–H and O–H groups in total. The molecule has 144 valence electrons. The predicted octanol–water partition coefficient (Wildman–Crippen LogP) is 2.94. The molecule has 1 saturated heterocycles. The Morgan fingerprint density at radius 1 is 1.37 bits per heavy atom. The Balaban J connectivity index is 1.57. The van der Waals surface area contributed by atoms with Crippen molar-refractivity contribution in [3.8, 4) is 0 Å². The number of rotatable bonds is 4. The lowest BCUT2D eigenvalue weighted by Gasteiger charge is -2.33. The Morgan fingerprint density at radius 2 is 2.11 bits per heavy atom. The summed E-state index contributed by atoms with van der Waals surface area (Å²) in [7, 11) is 0.